The average Bonchev–Trinajstić information content (AvgIpc) is 2.28. The molecule has 1 aromatic rings. The number of aliphatic hydroxyl groups excluding tert-OH is 1. The second kappa shape index (κ2) is 6.13. The van der Waals surface area contributed by atoms with Gasteiger partial charge in [-0.25, -0.2) is 19.6 Å². The van der Waals surface area contributed by atoms with E-state index in [0.29, 0.717) is 0 Å². The number of nitrogens with two attached hydrogens (primary N) is 1. The van der Waals surface area contributed by atoms with Gasteiger partial charge in [0.15, 0.2) is 5.82 Å². The molecule has 4 N–H and O–H groups in total. The molecule has 0 unspecified atom stereocenters. The third-order valence-electron chi connectivity index (χ3n) is 1.82. The lowest BCUT2D eigenvalue weighted by Crippen LogP contribution is -2.32. The van der Waals surface area contributed by atoms with Gasteiger partial charge in [0.05, 0.1) is 25.5 Å². The lowest BCUT2D eigenvalue weighted by molar-refractivity contribution is 0.152. The van der Waals surface area contributed by atoms with Crippen LogP contribution in [0.15, 0.2) is 12.4 Å². The van der Waals surface area contributed by atoms with Crippen LogP contribution in [-0.4, -0.2) is 41.2 Å². The highest BCUT2D eigenvalue weighted by Gasteiger charge is 2.14. The van der Waals surface area contributed by atoms with Crippen molar-refractivity contribution in [2.45, 2.75) is 6.43 Å². The normalized spacial score (nSPS) is 10.6. The number of hydrogen-bond acceptors (Lipinski definition) is 6. The number of rotatable bonds is 6. The van der Waals surface area contributed by atoms with E-state index in [9.17, 15) is 8.78 Å². The van der Waals surface area contributed by atoms with Crippen LogP contribution in [0.4, 0.5) is 20.4 Å². The molecule has 0 saturated heterocycles. The van der Waals surface area contributed by atoms with Gasteiger partial charge >= 0.3 is 0 Å². The van der Waals surface area contributed by atoms with Crippen LogP contribution >= 0.6 is 0 Å². The summed E-state index contributed by atoms with van der Waals surface area (Å²) < 4.78 is 24.5. The summed E-state index contributed by atoms with van der Waals surface area (Å²) in [7, 11) is 0. The Morgan fingerprint density at radius 2 is 2.25 bits per heavy atom. The predicted molar refractivity (Wildman–Crippen MR) is 55.1 cm³/mol. The topological polar surface area (TPSA) is 87.3 Å². The number of hydrazine groups is 1. The lowest BCUT2D eigenvalue weighted by atomic mass is 10.4. The highest BCUT2D eigenvalue weighted by molar-refractivity contribution is 5.43. The number of hydrogen-bond donors (Lipinski definition) is 3. The van der Waals surface area contributed by atoms with Crippen LogP contribution in [0.3, 0.4) is 0 Å². The first-order chi connectivity index (χ1) is 7.67. The summed E-state index contributed by atoms with van der Waals surface area (Å²) in [6.07, 6.45) is 0.185. The second-order valence-electron chi connectivity index (χ2n) is 2.97. The van der Waals surface area contributed by atoms with Crippen LogP contribution in [0.25, 0.3) is 0 Å². The van der Waals surface area contributed by atoms with Crippen molar-refractivity contribution in [1.82, 2.24) is 9.97 Å². The van der Waals surface area contributed by atoms with Gasteiger partial charge in [0, 0.05) is 6.54 Å². The maximum absolute atomic E-state index is 12.3. The van der Waals surface area contributed by atoms with E-state index in [-0.39, 0.29) is 24.8 Å². The van der Waals surface area contributed by atoms with Crippen molar-refractivity contribution in [2.75, 3.05) is 30.0 Å². The van der Waals surface area contributed by atoms with Crippen molar-refractivity contribution >= 4 is 11.6 Å². The highest BCUT2D eigenvalue weighted by Crippen LogP contribution is 2.13. The Bertz CT molecular complexity index is 325. The number of halogens is 2. The molecule has 0 bridgehead atoms. The maximum Gasteiger partial charge on any atom is 0.255 e. The molecule has 1 rings (SSSR count). The Morgan fingerprint density at radius 3 is 2.81 bits per heavy atom. The maximum atomic E-state index is 12.3. The van der Waals surface area contributed by atoms with Gasteiger partial charge in [0.2, 0.25) is 0 Å². The predicted octanol–water partition coefficient (Wildman–Crippen LogP) is -0.174. The first kappa shape index (κ1) is 12.5. The van der Waals surface area contributed by atoms with Crippen LogP contribution in [0.5, 0.6) is 0 Å². The molecule has 0 saturated carbocycles. The van der Waals surface area contributed by atoms with E-state index in [2.05, 4.69) is 15.4 Å². The first-order valence-electron chi connectivity index (χ1n) is 4.60. The summed E-state index contributed by atoms with van der Waals surface area (Å²) in [5.74, 6) is 5.64. The Morgan fingerprint density at radius 1 is 1.50 bits per heavy atom. The Balaban J connectivity index is 2.82. The third-order valence-corrected chi connectivity index (χ3v) is 1.82. The van der Waals surface area contributed by atoms with E-state index >= 15 is 0 Å². The van der Waals surface area contributed by atoms with Crippen LogP contribution in [0, 0.1) is 0 Å². The monoisotopic (exact) mass is 233 g/mol. The minimum Gasteiger partial charge on any atom is -0.395 e. The van der Waals surface area contributed by atoms with Gasteiger partial charge in [-0.2, -0.15) is 0 Å². The van der Waals surface area contributed by atoms with Crippen LogP contribution in [-0.2, 0) is 0 Å². The van der Waals surface area contributed by atoms with Crippen molar-refractivity contribution in [3.05, 3.63) is 12.4 Å². The number of anilines is 2. The molecule has 0 aliphatic rings. The van der Waals surface area contributed by atoms with Crippen molar-refractivity contribution in [3.63, 3.8) is 0 Å². The standard InChI is InChI=1S/C8H13F2N5O/c9-6(10)5-15(1-2-16)8-4-12-3-7(13-8)14-11/h3-4,6,16H,1-2,5,11H2,(H,13,14). The minimum atomic E-state index is -2.51. The second-order valence-corrected chi connectivity index (χ2v) is 2.97. The summed E-state index contributed by atoms with van der Waals surface area (Å²) in [4.78, 5) is 8.97. The SMILES string of the molecule is NNc1cncc(N(CCO)CC(F)F)n1. The van der Waals surface area contributed by atoms with E-state index in [1.54, 1.807) is 0 Å². The van der Waals surface area contributed by atoms with Gasteiger partial charge in [0.25, 0.3) is 6.43 Å². The lowest BCUT2D eigenvalue weighted by Gasteiger charge is -2.22. The molecule has 0 radical (unpaired) electrons. The van der Waals surface area contributed by atoms with E-state index in [1.165, 1.54) is 17.3 Å². The van der Waals surface area contributed by atoms with E-state index < -0.39 is 13.0 Å². The summed E-state index contributed by atoms with van der Waals surface area (Å²) in [5, 5.41) is 8.76. The molecular formula is C8H13F2N5O. The number of nitrogen functional groups attached to an aromatic ring is 1. The zero-order valence-electron chi connectivity index (χ0n) is 8.48. The Labute approximate surface area is 91.1 Å². The summed E-state index contributed by atoms with van der Waals surface area (Å²) in [5.41, 5.74) is 2.27. The van der Waals surface area contributed by atoms with E-state index in [1.807, 2.05) is 0 Å². The average molecular weight is 233 g/mol. The van der Waals surface area contributed by atoms with Crippen molar-refractivity contribution in [3.8, 4) is 0 Å². The quantitative estimate of drug-likeness (QED) is 0.467. The zero-order chi connectivity index (χ0) is 12.0. The van der Waals surface area contributed by atoms with Crippen molar-refractivity contribution in [1.29, 1.82) is 0 Å². The van der Waals surface area contributed by atoms with Gasteiger partial charge in [0.1, 0.15) is 5.82 Å². The molecule has 6 nitrogen and oxygen atoms in total. The summed E-state index contributed by atoms with van der Waals surface area (Å²) in [6.45, 7) is -0.689. The molecule has 0 fully saturated rings. The van der Waals surface area contributed by atoms with Gasteiger partial charge in [-0.1, -0.05) is 0 Å². The number of alkyl halides is 2. The van der Waals surface area contributed by atoms with Crippen LogP contribution in [0.1, 0.15) is 0 Å². The molecule has 0 aromatic carbocycles. The number of nitrogens with one attached hydrogen (secondary N) is 1. The molecule has 0 spiro atoms. The first-order valence-corrected chi connectivity index (χ1v) is 4.60. The van der Waals surface area contributed by atoms with Crippen molar-refractivity contribution in [2.24, 2.45) is 5.84 Å². The molecular weight excluding hydrogens is 220 g/mol. The molecule has 8 heteroatoms. The Kier molecular flexibility index (Phi) is 4.80. The molecule has 0 amide bonds. The number of aromatic nitrogens is 2. The molecule has 0 atom stereocenters. The number of nitrogens with zero attached hydrogens (tertiary/aromatic N) is 3. The highest BCUT2D eigenvalue weighted by atomic mass is 19.3. The van der Waals surface area contributed by atoms with Gasteiger partial charge in [-0.15, -0.1) is 0 Å². The van der Waals surface area contributed by atoms with Crippen molar-refractivity contribution < 1.29 is 13.9 Å². The van der Waals surface area contributed by atoms with Gasteiger partial charge in [-0.05, 0) is 0 Å². The minimum absolute atomic E-state index is 0.0625. The number of aliphatic hydroxyl groups is 1. The molecule has 1 aromatic heterocycles. The molecule has 0 aliphatic carbocycles. The molecule has 0 aliphatic heterocycles. The van der Waals surface area contributed by atoms with E-state index in [0.717, 1.165) is 0 Å². The van der Waals surface area contributed by atoms with Gasteiger partial charge in [-0.3, -0.25) is 4.98 Å². The fraction of sp³-hybridized carbons (Fsp3) is 0.500. The summed E-state index contributed by atoms with van der Waals surface area (Å²) >= 11 is 0. The van der Waals surface area contributed by atoms with Gasteiger partial charge < -0.3 is 15.4 Å². The molecule has 90 valence electrons. The van der Waals surface area contributed by atoms with Crippen LogP contribution in [0.2, 0.25) is 0 Å². The van der Waals surface area contributed by atoms with Crippen LogP contribution < -0.4 is 16.2 Å². The summed E-state index contributed by atoms with van der Waals surface area (Å²) in [6, 6.07) is 0. The zero-order valence-corrected chi connectivity index (χ0v) is 8.48. The fourth-order valence-electron chi connectivity index (χ4n) is 1.16. The molecule has 1 heterocycles. The molecule has 16 heavy (non-hydrogen) atoms. The fourth-order valence-corrected chi connectivity index (χ4v) is 1.16. The smallest absolute Gasteiger partial charge is 0.255 e. The largest absolute Gasteiger partial charge is 0.395 e. The third kappa shape index (κ3) is 3.55. The van der Waals surface area contributed by atoms with E-state index in [4.69, 9.17) is 10.9 Å². The Hall–Kier alpha value is -1.54.